The van der Waals surface area contributed by atoms with Crippen LogP contribution in [0, 0.1) is 0 Å². The topological polar surface area (TPSA) is 50.4 Å². The van der Waals surface area contributed by atoms with E-state index in [1.165, 1.54) is 12.0 Å². The maximum Gasteiger partial charge on any atom is 0.233 e. The highest BCUT2D eigenvalue weighted by Gasteiger charge is 2.40. The molecule has 1 fully saturated rings. The number of benzene rings is 1. The first kappa shape index (κ1) is 13.9. The molecule has 1 aromatic rings. The highest BCUT2D eigenvalue weighted by Crippen LogP contribution is 2.46. The average molecular weight is 262 g/mol. The molecule has 1 aliphatic rings. The fourth-order valence-corrected chi connectivity index (χ4v) is 2.72. The second-order valence-corrected chi connectivity index (χ2v) is 5.14. The van der Waals surface area contributed by atoms with Crippen LogP contribution in [0.2, 0.25) is 0 Å². The Morgan fingerprint density at radius 3 is 2.68 bits per heavy atom. The Morgan fingerprint density at radius 2 is 2.11 bits per heavy atom. The fraction of sp³-hybridized carbons (Fsp3) is 0.533. The molecule has 2 N–H and O–H groups in total. The molecule has 0 spiro atoms. The zero-order chi connectivity index (χ0) is 13.7. The Bertz CT molecular complexity index is 442. The number of rotatable bonds is 6. The molecule has 104 valence electrons. The molecule has 1 aromatic carbocycles. The quantitative estimate of drug-likeness (QED) is 0.816. The minimum Gasteiger partial charge on any atom is -0.496 e. The van der Waals surface area contributed by atoms with Crippen molar-refractivity contribution in [3.05, 3.63) is 29.8 Å². The van der Waals surface area contributed by atoms with Gasteiger partial charge in [-0.25, -0.2) is 0 Å². The van der Waals surface area contributed by atoms with Crippen molar-refractivity contribution in [2.24, 2.45) is 0 Å². The molecule has 0 heterocycles. The van der Waals surface area contributed by atoms with Gasteiger partial charge in [0.25, 0.3) is 0 Å². The summed E-state index contributed by atoms with van der Waals surface area (Å²) in [6.07, 6.45) is 3.42. The van der Waals surface area contributed by atoms with Crippen LogP contribution < -0.4 is 15.4 Å². The molecule has 19 heavy (non-hydrogen) atoms. The molecule has 0 aromatic heterocycles. The lowest BCUT2D eigenvalue weighted by atomic mass is 9.64. The molecule has 0 saturated heterocycles. The summed E-state index contributed by atoms with van der Waals surface area (Å²) in [7, 11) is 3.48. The molecular weight excluding hydrogens is 240 g/mol. The van der Waals surface area contributed by atoms with E-state index in [0.717, 1.165) is 18.6 Å². The molecule has 0 aliphatic heterocycles. The summed E-state index contributed by atoms with van der Waals surface area (Å²) in [5.74, 6) is 0.966. The van der Waals surface area contributed by atoms with Crippen LogP contribution in [0.15, 0.2) is 24.3 Å². The number of amides is 1. The van der Waals surface area contributed by atoms with Gasteiger partial charge in [0.15, 0.2) is 0 Å². The van der Waals surface area contributed by atoms with Crippen molar-refractivity contribution in [2.75, 3.05) is 27.2 Å². The van der Waals surface area contributed by atoms with Crippen molar-refractivity contribution in [1.82, 2.24) is 10.6 Å². The Morgan fingerprint density at radius 1 is 1.37 bits per heavy atom. The summed E-state index contributed by atoms with van der Waals surface area (Å²) in [5.41, 5.74) is 1.27. The first-order valence-electron chi connectivity index (χ1n) is 6.77. The number of carbonyl (C=O) groups excluding carboxylic acids is 1. The van der Waals surface area contributed by atoms with Gasteiger partial charge in [-0.1, -0.05) is 24.6 Å². The van der Waals surface area contributed by atoms with Crippen molar-refractivity contribution in [3.63, 3.8) is 0 Å². The fourth-order valence-electron chi connectivity index (χ4n) is 2.72. The van der Waals surface area contributed by atoms with Gasteiger partial charge in [0, 0.05) is 17.5 Å². The van der Waals surface area contributed by atoms with Crippen molar-refractivity contribution >= 4 is 5.91 Å². The second kappa shape index (κ2) is 6.06. The number of likely N-dealkylation sites (N-methyl/N-ethyl adjacent to an activating group) is 1. The normalized spacial score (nSPS) is 16.5. The lowest BCUT2D eigenvalue weighted by molar-refractivity contribution is -0.120. The minimum atomic E-state index is 0.0451. The lowest BCUT2D eigenvalue weighted by Gasteiger charge is -2.43. The third-order valence-electron chi connectivity index (χ3n) is 3.95. The first-order chi connectivity index (χ1) is 9.22. The Labute approximate surface area is 114 Å². The molecule has 4 heteroatoms. The van der Waals surface area contributed by atoms with E-state index < -0.39 is 0 Å². The molecule has 1 saturated carbocycles. The average Bonchev–Trinajstić information content (AvgIpc) is 2.38. The number of ether oxygens (including phenoxy) is 1. The van der Waals surface area contributed by atoms with Gasteiger partial charge in [0.2, 0.25) is 5.91 Å². The summed E-state index contributed by atoms with van der Waals surface area (Å²) in [6, 6.07) is 8.12. The van der Waals surface area contributed by atoms with Crippen LogP contribution in [0.3, 0.4) is 0 Å². The second-order valence-electron chi connectivity index (χ2n) is 5.14. The van der Waals surface area contributed by atoms with E-state index in [1.54, 1.807) is 14.2 Å². The monoisotopic (exact) mass is 262 g/mol. The molecule has 0 unspecified atom stereocenters. The molecule has 1 amide bonds. The van der Waals surface area contributed by atoms with Crippen LogP contribution in [0.1, 0.15) is 24.8 Å². The van der Waals surface area contributed by atoms with Gasteiger partial charge in [-0.15, -0.1) is 0 Å². The summed E-state index contributed by atoms with van der Waals surface area (Å²) >= 11 is 0. The van der Waals surface area contributed by atoms with Gasteiger partial charge in [-0.3, -0.25) is 4.79 Å². The Balaban J connectivity index is 2.11. The molecule has 0 atom stereocenters. The van der Waals surface area contributed by atoms with Gasteiger partial charge in [-0.05, 0) is 26.0 Å². The highest BCUT2D eigenvalue weighted by atomic mass is 16.5. The Kier molecular flexibility index (Phi) is 4.43. The van der Waals surface area contributed by atoms with E-state index in [-0.39, 0.29) is 11.3 Å². The standard InChI is InChI=1S/C15H22N2O2/c1-16-10-14(18)17-11-15(8-5-9-15)12-6-3-4-7-13(12)19-2/h3-4,6-7,16H,5,8-11H2,1-2H3,(H,17,18). The van der Waals surface area contributed by atoms with Gasteiger partial charge < -0.3 is 15.4 Å². The smallest absolute Gasteiger partial charge is 0.233 e. The van der Waals surface area contributed by atoms with E-state index in [1.807, 2.05) is 18.2 Å². The summed E-state index contributed by atoms with van der Waals surface area (Å²) < 4.78 is 5.46. The molecule has 4 nitrogen and oxygen atoms in total. The molecule has 0 bridgehead atoms. The number of hydrogen-bond acceptors (Lipinski definition) is 3. The van der Waals surface area contributed by atoms with Crippen LogP contribution in [0.5, 0.6) is 5.75 Å². The summed E-state index contributed by atoms with van der Waals surface area (Å²) in [4.78, 5) is 11.6. The lowest BCUT2D eigenvalue weighted by Crippen LogP contribution is -2.47. The van der Waals surface area contributed by atoms with Crippen molar-refractivity contribution in [3.8, 4) is 5.75 Å². The van der Waals surface area contributed by atoms with Crippen molar-refractivity contribution < 1.29 is 9.53 Å². The largest absolute Gasteiger partial charge is 0.496 e. The highest BCUT2D eigenvalue weighted by molar-refractivity contribution is 5.78. The van der Waals surface area contributed by atoms with E-state index >= 15 is 0 Å². The summed E-state index contributed by atoms with van der Waals surface area (Å²) in [5, 5.41) is 5.88. The third kappa shape index (κ3) is 2.89. The van der Waals surface area contributed by atoms with Crippen molar-refractivity contribution in [2.45, 2.75) is 24.7 Å². The Hall–Kier alpha value is -1.55. The first-order valence-corrected chi connectivity index (χ1v) is 6.77. The van der Waals surface area contributed by atoms with Crippen molar-refractivity contribution in [1.29, 1.82) is 0 Å². The van der Waals surface area contributed by atoms with E-state index in [9.17, 15) is 4.79 Å². The van der Waals surface area contributed by atoms with Gasteiger partial charge >= 0.3 is 0 Å². The van der Waals surface area contributed by atoms with E-state index in [2.05, 4.69) is 16.7 Å². The van der Waals surface area contributed by atoms with Crippen LogP contribution in [0.4, 0.5) is 0 Å². The maximum atomic E-state index is 11.6. The maximum absolute atomic E-state index is 11.6. The number of carbonyl (C=O) groups is 1. The SMILES string of the molecule is CNCC(=O)NCC1(c2ccccc2OC)CCC1. The zero-order valence-corrected chi connectivity index (χ0v) is 11.7. The summed E-state index contributed by atoms with van der Waals surface area (Å²) in [6.45, 7) is 1.05. The van der Waals surface area contributed by atoms with Crippen LogP contribution in [-0.2, 0) is 10.2 Å². The zero-order valence-electron chi connectivity index (χ0n) is 11.7. The van der Waals surface area contributed by atoms with Crippen LogP contribution in [-0.4, -0.2) is 33.2 Å². The predicted molar refractivity (Wildman–Crippen MR) is 75.5 cm³/mol. The van der Waals surface area contributed by atoms with Gasteiger partial charge in [0.05, 0.1) is 13.7 Å². The number of para-hydroxylation sites is 1. The number of methoxy groups -OCH3 is 1. The number of nitrogens with one attached hydrogen (secondary N) is 2. The van der Waals surface area contributed by atoms with E-state index in [4.69, 9.17) is 4.74 Å². The number of hydrogen-bond donors (Lipinski definition) is 2. The van der Waals surface area contributed by atoms with Gasteiger partial charge in [-0.2, -0.15) is 0 Å². The molecule has 0 radical (unpaired) electrons. The van der Waals surface area contributed by atoms with Crippen LogP contribution in [0.25, 0.3) is 0 Å². The minimum absolute atomic E-state index is 0.0451. The molecule has 1 aliphatic carbocycles. The molecular formula is C15H22N2O2. The van der Waals surface area contributed by atoms with E-state index in [0.29, 0.717) is 13.1 Å². The van der Waals surface area contributed by atoms with Crippen LogP contribution >= 0.6 is 0 Å². The third-order valence-corrected chi connectivity index (χ3v) is 3.95. The van der Waals surface area contributed by atoms with Gasteiger partial charge in [0.1, 0.15) is 5.75 Å². The predicted octanol–water partition coefficient (Wildman–Crippen LogP) is 1.45. The molecule has 2 rings (SSSR count).